The van der Waals surface area contributed by atoms with E-state index in [4.69, 9.17) is 23.2 Å². The maximum atomic E-state index is 12.5. The van der Waals surface area contributed by atoms with Crippen LogP contribution in [0.4, 0.5) is 0 Å². The standard InChI is InChI=1S/C34H34Cl2N2O2/c1-21-4-5-27-15-28(11-10-26(27)14-21)33-18-30(29-16-31(35)19-32(36)17-29)20-38(33)23(3)24-6-8-25(9-7-24)34(40)37-13-12-22(2)39/h4-11,14-17,19,23,30,33,39H,2,12-13,18,20H2,1,3H3,(H,37,40)/t23?,30-,33-/m1/s1. The number of fused-ring (bicyclic) bond motifs is 1. The molecule has 0 aromatic heterocycles. The van der Waals surface area contributed by atoms with Crippen molar-refractivity contribution in [2.24, 2.45) is 0 Å². The van der Waals surface area contributed by atoms with E-state index < -0.39 is 0 Å². The molecule has 40 heavy (non-hydrogen) atoms. The molecule has 0 saturated carbocycles. The number of nitrogens with zero attached hydrogens (tertiary/aromatic N) is 1. The maximum Gasteiger partial charge on any atom is 0.251 e. The number of aliphatic hydroxyl groups excluding tert-OH is 1. The van der Waals surface area contributed by atoms with Crippen molar-refractivity contribution in [2.75, 3.05) is 13.1 Å². The van der Waals surface area contributed by atoms with Crippen LogP contribution >= 0.6 is 23.2 Å². The van der Waals surface area contributed by atoms with Gasteiger partial charge in [-0.25, -0.2) is 0 Å². The van der Waals surface area contributed by atoms with E-state index in [0.717, 1.165) is 24.1 Å². The van der Waals surface area contributed by atoms with Crippen LogP contribution in [-0.2, 0) is 0 Å². The number of likely N-dealkylation sites (tertiary alicyclic amines) is 1. The van der Waals surface area contributed by atoms with E-state index in [2.05, 4.69) is 67.0 Å². The second kappa shape index (κ2) is 12.1. The molecule has 206 valence electrons. The number of carbonyl (C=O) groups excluding carboxylic acids is 1. The lowest BCUT2D eigenvalue weighted by atomic mass is 9.92. The highest BCUT2D eigenvalue weighted by molar-refractivity contribution is 6.34. The van der Waals surface area contributed by atoms with Crippen LogP contribution in [-0.4, -0.2) is 29.0 Å². The van der Waals surface area contributed by atoms with Crippen LogP contribution in [0, 0.1) is 6.92 Å². The fraction of sp³-hybridized carbons (Fsp3) is 0.265. The molecule has 4 nitrogen and oxygen atoms in total. The average molecular weight is 574 g/mol. The summed E-state index contributed by atoms with van der Waals surface area (Å²) in [5, 5.41) is 15.9. The monoisotopic (exact) mass is 572 g/mol. The van der Waals surface area contributed by atoms with Crippen molar-refractivity contribution in [3.8, 4) is 0 Å². The molecule has 1 aliphatic rings. The summed E-state index contributed by atoms with van der Waals surface area (Å²) in [5.74, 6) is 0.178. The molecule has 0 radical (unpaired) electrons. The number of hydrogen-bond acceptors (Lipinski definition) is 3. The quantitative estimate of drug-likeness (QED) is 0.207. The summed E-state index contributed by atoms with van der Waals surface area (Å²) >= 11 is 12.8. The Morgan fingerprint density at radius 3 is 2.35 bits per heavy atom. The molecule has 0 spiro atoms. The summed E-state index contributed by atoms with van der Waals surface area (Å²) < 4.78 is 0. The van der Waals surface area contributed by atoms with Gasteiger partial charge < -0.3 is 10.4 Å². The number of nitrogens with one attached hydrogen (secondary N) is 1. The van der Waals surface area contributed by atoms with Crippen molar-refractivity contribution < 1.29 is 9.90 Å². The molecule has 1 amide bonds. The maximum absolute atomic E-state index is 12.5. The molecule has 4 aromatic rings. The minimum absolute atomic E-state index is 0.0597. The summed E-state index contributed by atoms with van der Waals surface area (Å²) in [6.07, 6.45) is 1.29. The van der Waals surface area contributed by atoms with Gasteiger partial charge in [0.25, 0.3) is 5.91 Å². The molecule has 0 bridgehead atoms. The Morgan fingerprint density at radius 2 is 1.65 bits per heavy atom. The normalized spacial score (nSPS) is 18.1. The SMILES string of the molecule is C=C(O)CCNC(=O)c1ccc(C(C)N2C[C@H](c3cc(Cl)cc(Cl)c3)C[C@@H]2c2ccc3cc(C)ccc3c2)cc1. The van der Waals surface area contributed by atoms with E-state index in [-0.39, 0.29) is 29.7 Å². The van der Waals surface area contributed by atoms with E-state index in [1.165, 1.54) is 21.9 Å². The smallest absolute Gasteiger partial charge is 0.251 e. The van der Waals surface area contributed by atoms with Crippen molar-refractivity contribution in [2.45, 2.75) is 44.7 Å². The molecule has 1 aliphatic heterocycles. The van der Waals surface area contributed by atoms with Crippen LogP contribution in [0.1, 0.15) is 70.4 Å². The average Bonchev–Trinajstić information content (AvgIpc) is 3.37. The van der Waals surface area contributed by atoms with Crippen LogP contribution in [0.15, 0.2) is 91.2 Å². The highest BCUT2D eigenvalue weighted by atomic mass is 35.5. The fourth-order valence-corrected chi connectivity index (χ4v) is 6.33. The number of aryl methyl sites for hydroxylation is 1. The van der Waals surface area contributed by atoms with Crippen molar-refractivity contribution in [3.05, 3.63) is 129 Å². The van der Waals surface area contributed by atoms with Crippen LogP contribution in [0.3, 0.4) is 0 Å². The second-order valence-corrected chi connectivity index (χ2v) is 11.7. The Morgan fingerprint density at radius 1 is 0.975 bits per heavy atom. The lowest BCUT2D eigenvalue weighted by Gasteiger charge is -2.31. The van der Waals surface area contributed by atoms with E-state index in [1.54, 1.807) is 6.07 Å². The highest BCUT2D eigenvalue weighted by Crippen LogP contribution is 2.46. The zero-order valence-electron chi connectivity index (χ0n) is 22.8. The summed E-state index contributed by atoms with van der Waals surface area (Å²) in [7, 11) is 0. The van der Waals surface area contributed by atoms with Crippen molar-refractivity contribution in [1.29, 1.82) is 0 Å². The molecule has 6 heteroatoms. The first-order chi connectivity index (χ1) is 19.2. The van der Waals surface area contributed by atoms with E-state index in [9.17, 15) is 9.90 Å². The van der Waals surface area contributed by atoms with Gasteiger partial charge in [0.05, 0.1) is 5.76 Å². The number of amides is 1. The van der Waals surface area contributed by atoms with Gasteiger partial charge >= 0.3 is 0 Å². The molecule has 2 N–H and O–H groups in total. The minimum Gasteiger partial charge on any atom is -0.513 e. The van der Waals surface area contributed by atoms with Crippen molar-refractivity contribution in [3.63, 3.8) is 0 Å². The number of benzene rings is 4. The zero-order valence-corrected chi connectivity index (χ0v) is 24.3. The van der Waals surface area contributed by atoms with Crippen molar-refractivity contribution in [1.82, 2.24) is 10.2 Å². The Kier molecular flexibility index (Phi) is 8.51. The molecule has 1 saturated heterocycles. The number of halogens is 2. The minimum atomic E-state index is -0.163. The molecule has 4 aromatic carbocycles. The van der Waals surface area contributed by atoms with Gasteiger partial charge in [0.1, 0.15) is 0 Å². The largest absolute Gasteiger partial charge is 0.513 e. The van der Waals surface area contributed by atoms with Gasteiger partial charge in [-0.3, -0.25) is 9.69 Å². The molecule has 1 unspecified atom stereocenters. The Balaban J connectivity index is 1.43. The Labute approximate surface area is 246 Å². The van der Waals surface area contributed by atoms with E-state index in [1.807, 2.05) is 36.4 Å². The highest BCUT2D eigenvalue weighted by Gasteiger charge is 2.37. The topological polar surface area (TPSA) is 52.6 Å². The van der Waals surface area contributed by atoms with Gasteiger partial charge in [0.15, 0.2) is 0 Å². The summed E-state index contributed by atoms with van der Waals surface area (Å²) in [6.45, 7) is 9.02. The zero-order chi connectivity index (χ0) is 28.4. The number of hydrogen-bond donors (Lipinski definition) is 2. The summed E-state index contributed by atoms with van der Waals surface area (Å²) in [5.41, 5.74) is 5.44. The lowest BCUT2D eigenvalue weighted by Crippen LogP contribution is -2.27. The molecule has 5 rings (SSSR count). The third-order valence-electron chi connectivity index (χ3n) is 7.95. The number of carbonyl (C=O) groups is 1. The van der Waals surface area contributed by atoms with E-state index >= 15 is 0 Å². The van der Waals surface area contributed by atoms with Crippen LogP contribution in [0.5, 0.6) is 0 Å². The van der Waals surface area contributed by atoms with E-state index in [0.29, 0.717) is 28.6 Å². The van der Waals surface area contributed by atoms with Crippen molar-refractivity contribution >= 4 is 39.9 Å². The molecule has 0 aliphatic carbocycles. The molecule has 1 fully saturated rings. The van der Waals surface area contributed by atoms with Gasteiger partial charge in [0.2, 0.25) is 0 Å². The van der Waals surface area contributed by atoms with Crippen LogP contribution < -0.4 is 5.32 Å². The van der Waals surface area contributed by atoms with Gasteiger partial charge in [-0.1, -0.05) is 77.8 Å². The predicted molar refractivity (Wildman–Crippen MR) is 166 cm³/mol. The molecule has 1 heterocycles. The third-order valence-corrected chi connectivity index (χ3v) is 8.39. The van der Waals surface area contributed by atoms with Gasteiger partial charge in [0, 0.05) is 47.2 Å². The lowest BCUT2D eigenvalue weighted by molar-refractivity contribution is 0.0953. The molecular weight excluding hydrogens is 539 g/mol. The summed E-state index contributed by atoms with van der Waals surface area (Å²) in [6, 6.07) is 27.4. The van der Waals surface area contributed by atoms with Gasteiger partial charge in [-0.05, 0) is 90.0 Å². The van der Waals surface area contributed by atoms with Crippen LogP contribution in [0.2, 0.25) is 10.0 Å². The Hall–Kier alpha value is -3.31. The first-order valence-electron chi connectivity index (χ1n) is 13.6. The third kappa shape index (κ3) is 6.36. The first kappa shape index (κ1) is 28.2. The fourth-order valence-electron chi connectivity index (χ4n) is 5.79. The van der Waals surface area contributed by atoms with Crippen LogP contribution in [0.25, 0.3) is 10.8 Å². The summed E-state index contributed by atoms with van der Waals surface area (Å²) in [4.78, 5) is 15.1. The molecular formula is C34H34Cl2N2O2. The van der Waals surface area contributed by atoms with Gasteiger partial charge in [-0.15, -0.1) is 0 Å². The number of aliphatic hydroxyl groups is 1. The van der Waals surface area contributed by atoms with Gasteiger partial charge in [-0.2, -0.15) is 0 Å². The number of rotatable bonds is 8. The Bertz CT molecular complexity index is 1530. The predicted octanol–water partition coefficient (Wildman–Crippen LogP) is 8.94. The first-order valence-corrected chi connectivity index (χ1v) is 14.4. The second-order valence-electron chi connectivity index (χ2n) is 10.8. The molecule has 3 atom stereocenters.